The molecule has 0 fully saturated rings. The van der Waals surface area contributed by atoms with E-state index >= 15 is 0 Å². The van der Waals surface area contributed by atoms with Gasteiger partial charge in [-0.3, -0.25) is 4.79 Å². The Morgan fingerprint density at radius 1 is 1.36 bits per heavy atom. The lowest BCUT2D eigenvalue weighted by molar-refractivity contribution is -0.142. The highest BCUT2D eigenvalue weighted by Gasteiger charge is 2.23. The minimum atomic E-state index is -0.181. The molecule has 0 spiro atoms. The van der Waals surface area contributed by atoms with Crippen LogP contribution >= 0.6 is 0 Å². The second-order valence-corrected chi connectivity index (χ2v) is 5.85. The van der Waals surface area contributed by atoms with Crippen LogP contribution in [0.15, 0.2) is 6.20 Å². The molecular formula is C17H28N2O3. The number of hydrogen-bond acceptors (Lipinski definition) is 4. The Balaban J connectivity index is 1.79. The van der Waals surface area contributed by atoms with E-state index in [4.69, 9.17) is 9.47 Å². The molecule has 0 bridgehead atoms. The van der Waals surface area contributed by atoms with Gasteiger partial charge in [-0.05, 0) is 19.8 Å². The number of aromatic nitrogens is 2. The molecule has 1 aliphatic heterocycles. The summed E-state index contributed by atoms with van der Waals surface area (Å²) in [5.74, 6) is 0.851. The van der Waals surface area contributed by atoms with Crippen LogP contribution in [-0.2, 0) is 33.7 Å². The van der Waals surface area contributed by atoms with Crippen LogP contribution in [0.1, 0.15) is 57.5 Å². The van der Waals surface area contributed by atoms with Gasteiger partial charge in [0.15, 0.2) is 0 Å². The van der Waals surface area contributed by atoms with Crippen LogP contribution in [0.2, 0.25) is 0 Å². The minimum absolute atomic E-state index is 0.181. The monoisotopic (exact) mass is 308 g/mol. The van der Waals surface area contributed by atoms with E-state index in [0.717, 1.165) is 43.9 Å². The van der Waals surface area contributed by atoms with Crippen LogP contribution in [-0.4, -0.2) is 34.8 Å². The molecule has 0 radical (unpaired) electrons. The molecule has 0 aromatic carbocycles. The number of esters is 1. The van der Waals surface area contributed by atoms with Gasteiger partial charge in [0.25, 0.3) is 0 Å². The summed E-state index contributed by atoms with van der Waals surface area (Å²) in [5.41, 5.74) is 0.954. The van der Waals surface area contributed by atoms with Crippen molar-refractivity contribution in [3.05, 3.63) is 17.7 Å². The van der Waals surface area contributed by atoms with E-state index in [-0.39, 0.29) is 12.1 Å². The Kier molecular flexibility index (Phi) is 6.90. The maximum atomic E-state index is 11.6. The summed E-state index contributed by atoms with van der Waals surface area (Å²) >= 11 is 0. The van der Waals surface area contributed by atoms with Crippen molar-refractivity contribution < 1.29 is 14.3 Å². The van der Waals surface area contributed by atoms with Crippen LogP contribution in [0, 0.1) is 0 Å². The Morgan fingerprint density at radius 2 is 2.23 bits per heavy atom. The molecule has 124 valence electrons. The van der Waals surface area contributed by atoms with E-state index in [0.29, 0.717) is 13.0 Å². The van der Waals surface area contributed by atoms with Crippen LogP contribution < -0.4 is 0 Å². The molecule has 1 atom stereocenters. The first-order chi connectivity index (χ1) is 10.7. The Labute approximate surface area is 133 Å². The summed E-state index contributed by atoms with van der Waals surface area (Å²) in [4.78, 5) is 16.1. The maximum absolute atomic E-state index is 11.6. The lowest BCUT2D eigenvalue weighted by Crippen LogP contribution is -2.28. The Morgan fingerprint density at radius 3 is 3.00 bits per heavy atom. The largest absolute Gasteiger partial charge is 0.466 e. The normalized spacial score (nSPS) is 17.3. The predicted molar refractivity (Wildman–Crippen MR) is 84.8 cm³/mol. The first-order valence-corrected chi connectivity index (χ1v) is 8.55. The molecule has 1 unspecified atom stereocenters. The smallest absolute Gasteiger partial charge is 0.311 e. The van der Waals surface area contributed by atoms with Crippen molar-refractivity contribution in [1.29, 1.82) is 0 Å². The number of hydrogen-bond donors (Lipinski definition) is 0. The number of fused-ring (bicyclic) bond motifs is 1. The van der Waals surface area contributed by atoms with Crippen molar-refractivity contribution in [3.8, 4) is 0 Å². The van der Waals surface area contributed by atoms with E-state index in [1.807, 2.05) is 6.92 Å². The van der Waals surface area contributed by atoms with Gasteiger partial charge in [0.2, 0.25) is 0 Å². The van der Waals surface area contributed by atoms with Gasteiger partial charge in [0, 0.05) is 31.5 Å². The average molecular weight is 308 g/mol. The zero-order valence-corrected chi connectivity index (χ0v) is 13.8. The van der Waals surface area contributed by atoms with Crippen LogP contribution in [0.5, 0.6) is 0 Å². The molecule has 0 saturated heterocycles. The van der Waals surface area contributed by atoms with E-state index < -0.39 is 0 Å². The second kappa shape index (κ2) is 8.93. The summed E-state index contributed by atoms with van der Waals surface area (Å²) in [6.07, 6.45) is 9.16. The molecule has 1 aromatic heterocycles. The highest BCUT2D eigenvalue weighted by Crippen LogP contribution is 2.20. The van der Waals surface area contributed by atoms with E-state index in [2.05, 4.69) is 16.5 Å². The van der Waals surface area contributed by atoms with Gasteiger partial charge in [-0.2, -0.15) is 0 Å². The lowest BCUT2D eigenvalue weighted by atomic mass is 10.1. The Hall–Kier alpha value is -1.36. The predicted octanol–water partition coefficient (Wildman–Crippen LogP) is 2.90. The molecule has 0 aliphatic carbocycles. The number of nitrogens with zero attached hydrogens (tertiary/aromatic N) is 2. The maximum Gasteiger partial charge on any atom is 0.311 e. The first kappa shape index (κ1) is 17.0. The molecule has 0 saturated carbocycles. The number of imidazole rings is 1. The van der Waals surface area contributed by atoms with Crippen molar-refractivity contribution in [3.63, 3.8) is 0 Å². The molecule has 5 heteroatoms. The molecule has 1 aromatic rings. The van der Waals surface area contributed by atoms with Crippen molar-refractivity contribution >= 4 is 5.97 Å². The van der Waals surface area contributed by atoms with Crippen molar-refractivity contribution in [2.24, 2.45) is 0 Å². The van der Waals surface area contributed by atoms with Crippen LogP contribution in [0.3, 0.4) is 0 Å². The fourth-order valence-electron chi connectivity index (χ4n) is 2.89. The number of ether oxygens (including phenoxy) is 2. The number of carbonyl (C=O) groups excluding carboxylic acids is 1. The van der Waals surface area contributed by atoms with E-state index in [9.17, 15) is 4.79 Å². The third-order valence-corrected chi connectivity index (χ3v) is 4.09. The average Bonchev–Trinajstić information content (AvgIpc) is 2.90. The van der Waals surface area contributed by atoms with E-state index in [1.165, 1.54) is 19.3 Å². The van der Waals surface area contributed by atoms with Crippen LogP contribution in [0.4, 0.5) is 0 Å². The van der Waals surface area contributed by atoms with Gasteiger partial charge >= 0.3 is 5.97 Å². The summed E-state index contributed by atoms with van der Waals surface area (Å²) in [6.45, 7) is 6.19. The fraction of sp³-hybridized carbons (Fsp3) is 0.765. The molecule has 5 nitrogen and oxygen atoms in total. The molecule has 22 heavy (non-hydrogen) atoms. The number of rotatable bonds is 9. The zero-order valence-electron chi connectivity index (χ0n) is 13.8. The topological polar surface area (TPSA) is 53.4 Å². The lowest BCUT2D eigenvalue weighted by Gasteiger charge is -2.24. The summed E-state index contributed by atoms with van der Waals surface area (Å²) in [6, 6.07) is 0. The number of unbranched alkanes of at least 4 members (excludes halogenated alkanes) is 3. The van der Waals surface area contributed by atoms with Crippen molar-refractivity contribution in [2.45, 2.75) is 71.4 Å². The zero-order chi connectivity index (χ0) is 15.8. The standard InChI is InChI=1S/C17H28N2O3/c1-3-5-6-7-10-22-15-8-9-19-14(11-17(20)21-4-2)13-18-16(19)12-15/h13,15H,3-12H2,1-2H3. The van der Waals surface area contributed by atoms with Gasteiger partial charge in [-0.15, -0.1) is 0 Å². The molecular weight excluding hydrogens is 280 g/mol. The van der Waals surface area contributed by atoms with Gasteiger partial charge < -0.3 is 14.0 Å². The minimum Gasteiger partial charge on any atom is -0.466 e. The number of carbonyl (C=O) groups is 1. The molecule has 0 N–H and O–H groups in total. The second-order valence-electron chi connectivity index (χ2n) is 5.85. The van der Waals surface area contributed by atoms with Crippen LogP contribution in [0.25, 0.3) is 0 Å². The quantitative estimate of drug-likeness (QED) is 0.520. The molecule has 0 amide bonds. The van der Waals surface area contributed by atoms with Crippen molar-refractivity contribution in [2.75, 3.05) is 13.2 Å². The highest BCUT2D eigenvalue weighted by atomic mass is 16.5. The van der Waals surface area contributed by atoms with Gasteiger partial charge in [-0.1, -0.05) is 26.2 Å². The molecule has 2 heterocycles. The third-order valence-electron chi connectivity index (χ3n) is 4.09. The van der Waals surface area contributed by atoms with Gasteiger partial charge in [-0.25, -0.2) is 4.98 Å². The van der Waals surface area contributed by atoms with E-state index in [1.54, 1.807) is 6.20 Å². The Bertz CT molecular complexity index is 470. The summed E-state index contributed by atoms with van der Waals surface area (Å²) in [7, 11) is 0. The van der Waals surface area contributed by atoms with Gasteiger partial charge in [0.05, 0.1) is 19.1 Å². The molecule has 2 rings (SSSR count). The molecule has 1 aliphatic rings. The van der Waals surface area contributed by atoms with Gasteiger partial charge in [0.1, 0.15) is 5.82 Å². The third kappa shape index (κ3) is 4.83. The summed E-state index contributed by atoms with van der Waals surface area (Å²) < 4.78 is 13.1. The first-order valence-electron chi connectivity index (χ1n) is 8.55. The fourth-order valence-corrected chi connectivity index (χ4v) is 2.89. The van der Waals surface area contributed by atoms with Crippen molar-refractivity contribution in [1.82, 2.24) is 9.55 Å². The highest BCUT2D eigenvalue weighted by molar-refractivity contribution is 5.71. The summed E-state index contributed by atoms with van der Waals surface area (Å²) in [5, 5.41) is 0. The SMILES string of the molecule is CCCCCCOC1CCn2c(CC(=O)OCC)cnc2C1.